The van der Waals surface area contributed by atoms with Gasteiger partial charge in [0.2, 0.25) is 0 Å². The number of ether oxygens (including phenoxy) is 1. The molecule has 0 bridgehead atoms. The summed E-state index contributed by atoms with van der Waals surface area (Å²) in [6.07, 6.45) is 0.228. The van der Waals surface area contributed by atoms with Gasteiger partial charge in [0.25, 0.3) is 0 Å². The van der Waals surface area contributed by atoms with Crippen molar-refractivity contribution in [3.05, 3.63) is 22.1 Å². The SMILES string of the molecule is Cc1cc(Br)oc1C1CO1. The molecule has 0 saturated carbocycles. The molecular weight excluding hydrogens is 196 g/mol. The number of rotatable bonds is 1. The molecule has 1 aliphatic rings. The Morgan fingerprint density at radius 2 is 2.40 bits per heavy atom. The number of hydrogen-bond donors (Lipinski definition) is 0. The van der Waals surface area contributed by atoms with Gasteiger partial charge in [-0.05, 0) is 34.5 Å². The molecule has 1 saturated heterocycles. The van der Waals surface area contributed by atoms with E-state index >= 15 is 0 Å². The zero-order chi connectivity index (χ0) is 7.14. The van der Waals surface area contributed by atoms with Crippen molar-refractivity contribution in [2.45, 2.75) is 13.0 Å². The van der Waals surface area contributed by atoms with Crippen LogP contribution in [0.5, 0.6) is 0 Å². The molecule has 2 heterocycles. The van der Waals surface area contributed by atoms with Crippen LogP contribution in [0.1, 0.15) is 17.4 Å². The van der Waals surface area contributed by atoms with Crippen molar-refractivity contribution in [2.24, 2.45) is 0 Å². The Labute approximate surface area is 67.3 Å². The first kappa shape index (κ1) is 6.43. The maximum absolute atomic E-state index is 5.33. The zero-order valence-corrected chi connectivity index (χ0v) is 7.14. The third-order valence-electron chi connectivity index (χ3n) is 1.55. The highest BCUT2D eigenvalue weighted by molar-refractivity contribution is 9.10. The van der Waals surface area contributed by atoms with Crippen LogP contribution in [0.4, 0.5) is 0 Å². The molecule has 1 aromatic heterocycles. The Balaban J connectivity index is 2.38. The van der Waals surface area contributed by atoms with Gasteiger partial charge < -0.3 is 9.15 Å². The van der Waals surface area contributed by atoms with Gasteiger partial charge in [-0.1, -0.05) is 0 Å². The van der Waals surface area contributed by atoms with Crippen molar-refractivity contribution >= 4 is 15.9 Å². The molecule has 0 N–H and O–H groups in total. The minimum absolute atomic E-state index is 0.228. The Bertz CT molecular complexity index is 250. The van der Waals surface area contributed by atoms with Gasteiger partial charge in [0.05, 0.1) is 6.61 Å². The number of halogens is 1. The van der Waals surface area contributed by atoms with Crippen LogP contribution < -0.4 is 0 Å². The second-order valence-corrected chi connectivity index (χ2v) is 3.20. The van der Waals surface area contributed by atoms with Crippen molar-refractivity contribution in [3.63, 3.8) is 0 Å². The van der Waals surface area contributed by atoms with Crippen molar-refractivity contribution < 1.29 is 9.15 Å². The summed E-state index contributed by atoms with van der Waals surface area (Å²) < 4.78 is 11.2. The maximum Gasteiger partial charge on any atom is 0.169 e. The summed E-state index contributed by atoms with van der Waals surface area (Å²) in [6, 6.07) is 1.96. The lowest BCUT2D eigenvalue weighted by molar-refractivity contribution is 0.364. The fourth-order valence-electron chi connectivity index (χ4n) is 0.975. The van der Waals surface area contributed by atoms with E-state index in [0.29, 0.717) is 0 Å². The number of hydrogen-bond acceptors (Lipinski definition) is 2. The molecule has 1 aromatic rings. The normalized spacial score (nSPS) is 23.2. The first-order valence-corrected chi connectivity index (χ1v) is 3.94. The van der Waals surface area contributed by atoms with Gasteiger partial charge in [-0.15, -0.1) is 0 Å². The van der Waals surface area contributed by atoms with E-state index in [-0.39, 0.29) is 6.10 Å². The van der Waals surface area contributed by atoms with Crippen LogP contribution in [0.25, 0.3) is 0 Å². The van der Waals surface area contributed by atoms with Gasteiger partial charge in [0, 0.05) is 0 Å². The van der Waals surface area contributed by atoms with E-state index in [1.807, 2.05) is 13.0 Å². The van der Waals surface area contributed by atoms with Gasteiger partial charge >= 0.3 is 0 Å². The summed E-state index contributed by atoms with van der Waals surface area (Å²) in [6.45, 7) is 2.83. The van der Waals surface area contributed by atoms with Crippen molar-refractivity contribution in [1.82, 2.24) is 0 Å². The predicted molar refractivity (Wildman–Crippen MR) is 39.8 cm³/mol. The molecule has 1 unspecified atom stereocenters. The molecule has 3 heteroatoms. The molecule has 0 aliphatic carbocycles. The van der Waals surface area contributed by atoms with Crippen LogP contribution >= 0.6 is 15.9 Å². The third-order valence-corrected chi connectivity index (χ3v) is 1.94. The largest absolute Gasteiger partial charge is 0.451 e. The van der Waals surface area contributed by atoms with Crippen molar-refractivity contribution in [2.75, 3.05) is 6.61 Å². The lowest BCUT2D eigenvalue weighted by Crippen LogP contribution is -1.76. The van der Waals surface area contributed by atoms with Gasteiger partial charge in [0.1, 0.15) is 11.9 Å². The number of epoxide rings is 1. The van der Waals surface area contributed by atoms with E-state index in [4.69, 9.17) is 9.15 Å². The van der Waals surface area contributed by atoms with Crippen LogP contribution in [0.15, 0.2) is 15.2 Å². The molecule has 1 atom stereocenters. The van der Waals surface area contributed by atoms with Gasteiger partial charge in [-0.3, -0.25) is 0 Å². The standard InChI is InChI=1S/C7H7BrO2/c1-4-2-6(8)10-7(4)5-3-9-5/h2,5H,3H2,1H3. The maximum atomic E-state index is 5.33. The highest BCUT2D eigenvalue weighted by Crippen LogP contribution is 2.35. The molecule has 2 rings (SSSR count). The first-order chi connectivity index (χ1) is 4.77. The Hall–Kier alpha value is -0.280. The summed E-state index contributed by atoms with van der Waals surface area (Å²) >= 11 is 3.26. The van der Waals surface area contributed by atoms with Crippen LogP contribution in [0.3, 0.4) is 0 Å². The minimum atomic E-state index is 0.228. The second-order valence-electron chi connectivity index (χ2n) is 2.42. The molecule has 1 aliphatic heterocycles. The molecule has 10 heavy (non-hydrogen) atoms. The predicted octanol–water partition coefficient (Wildman–Crippen LogP) is 2.42. The lowest BCUT2D eigenvalue weighted by Gasteiger charge is -1.87. The smallest absolute Gasteiger partial charge is 0.169 e. The van der Waals surface area contributed by atoms with E-state index in [9.17, 15) is 0 Å². The molecule has 0 radical (unpaired) electrons. The quantitative estimate of drug-likeness (QED) is 0.655. The number of aryl methyl sites for hydroxylation is 1. The zero-order valence-electron chi connectivity index (χ0n) is 5.56. The highest BCUT2D eigenvalue weighted by Gasteiger charge is 2.30. The van der Waals surface area contributed by atoms with Gasteiger partial charge in [0.15, 0.2) is 4.67 Å². The van der Waals surface area contributed by atoms with E-state index < -0.39 is 0 Å². The van der Waals surface area contributed by atoms with E-state index in [1.165, 1.54) is 0 Å². The fourth-order valence-corrected chi connectivity index (χ4v) is 1.49. The summed E-state index contributed by atoms with van der Waals surface area (Å²) in [5, 5.41) is 0. The van der Waals surface area contributed by atoms with Crippen LogP contribution in [0.2, 0.25) is 0 Å². The molecule has 0 amide bonds. The average Bonchev–Trinajstić information content (AvgIpc) is 2.61. The molecule has 54 valence electrons. The summed E-state index contributed by atoms with van der Waals surface area (Å²) in [4.78, 5) is 0. The lowest BCUT2D eigenvalue weighted by atomic mass is 10.2. The summed E-state index contributed by atoms with van der Waals surface area (Å²) in [7, 11) is 0. The van der Waals surface area contributed by atoms with E-state index in [0.717, 1.165) is 22.6 Å². The molecule has 1 fully saturated rings. The summed E-state index contributed by atoms with van der Waals surface area (Å²) in [5.41, 5.74) is 1.16. The van der Waals surface area contributed by atoms with Crippen molar-refractivity contribution in [3.8, 4) is 0 Å². The Kier molecular flexibility index (Phi) is 1.35. The van der Waals surface area contributed by atoms with E-state index in [2.05, 4.69) is 15.9 Å². The Morgan fingerprint density at radius 1 is 1.70 bits per heavy atom. The van der Waals surface area contributed by atoms with Gasteiger partial charge in [-0.2, -0.15) is 0 Å². The highest BCUT2D eigenvalue weighted by atomic mass is 79.9. The van der Waals surface area contributed by atoms with Gasteiger partial charge in [-0.25, -0.2) is 0 Å². The Morgan fingerprint density at radius 3 is 2.80 bits per heavy atom. The first-order valence-electron chi connectivity index (χ1n) is 3.15. The van der Waals surface area contributed by atoms with Crippen molar-refractivity contribution in [1.29, 1.82) is 0 Å². The molecule has 0 aromatic carbocycles. The van der Waals surface area contributed by atoms with Crippen LogP contribution in [0, 0.1) is 6.92 Å². The second kappa shape index (κ2) is 2.10. The third kappa shape index (κ3) is 0.995. The summed E-state index contributed by atoms with van der Waals surface area (Å²) in [5.74, 6) is 0.965. The number of furan rings is 1. The monoisotopic (exact) mass is 202 g/mol. The van der Waals surface area contributed by atoms with Crippen LogP contribution in [-0.2, 0) is 4.74 Å². The molecule has 2 nitrogen and oxygen atoms in total. The van der Waals surface area contributed by atoms with Crippen LogP contribution in [-0.4, -0.2) is 6.61 Å². The van der Waals surface area contributed by atoms with E-state index in [1.54, 1.807) is 0 Å². The minimum Gasteiger partial charge on any atom is -0.451 e. The molecular formula is C7H7BrO2. The fraction of sp³-hybridized carbons (Fsp3) is 0.429. The molecule has 0 spiro atoms. The topological polar surface area (TPSA) is 25.7 Å². The average molecular weight is 203 g/mol.